The van der Waals surface area contributed by atoms with Crippen molar-refractivity contribution in [2.45, 2.75) is 39.8 Å². The van der Waals surface area contributed by atoms with Crippen molar-refractivity contribution in [3.8, 4) is 0 Å². The van der Waals surface area contributed by atoms with Crippen molar-refractivity contribution >= 4 is 75.6 Å². The average molecular weight is 565 g/mol. The minimum Gasteiger partial charge on any atom is -0.478 e. The lowest BCUT2D eigenvalue weighted by Crippen LogP contribution is -2.42. The van der Waals surface area contributed by atoms with E-state index >= 15 is 0 Å². The Morgan fingerprint density at radius 1 is 0.818 bits per heavy atom. The Balaban J connectivity index is 3.72. The summed E-state index contributed by atoms with van der Waals surface area (Å²) in [5.41, 5.74) is 0.0510. The van der Waals surface area contributed by atoms with Crippen LogP contribution in [0.15, 0.2) is 17.9 Å². The fourth-order valence-corrected chi connectivity index (χ4v) is 4.68. The van der Waals surface area contributed by atoms with Crippen molar-refractivity contribution in [3.63, 3.8) is 0 Å². The number of benzene rings is 1. The standard InChI is InChI=1S/C14H15Br4NO3/c1-5(2)19(6(3)4)13(20)7-8(14(21)22)10(16)12(18)11(17)9(7)15/h5-6H,1-4H3,(H,21,22). The second-order valence-electron chi connectivity index (χ2n) is 5.21. The molecule has 0 atom stereocenters. The first-order valence-corrected chi connectivity index (χ1v) is 9.61. The molecule has 0 radical (unpaired) electrons. The maximum atomic E-state index is 13.0. The topological polar surface area (TPSA) is 57.6 Å². The third kappa shape index (κ3) is 3.76. The Morgan fingerprint density at radius 3 is 1.50 bits per heavy atom. The Hall–Kier alpha value is 0.0800. The fraction of sp³-hybridized carbons (Fsp3) is 0.429. The average Bonchev–Trinajstić information content (AvgIpc) is 2.38. The third-order valence-corrected chi connectivity index (χ3v) is 7.81. The summed E-state index contributed by atoms with van der Waals surface area (Å²) in [6.07, 6.45) is 0. The van der Waals surface area contributed by atoms with Crippen LogP contribution in [0.4, 0.5) is 0 Å². The van der Waals surface area contributed by atoms with Crippen molar-refractivity contribution < 1.29 is 14.7 Å². The van der Waals surface area contributed by atoms with Crippen LogP contribution in [0.5, 0.6) is 0 Å². The van der Waals surface area contributed by atoms with Gasteiger partial charge in [-0.15, -0.1) is 0 Å². The van der Waals surface area contributed by atoms with Crippen LogP contribution in [0, 0.1) is 0 Å². The smallest absolute Gasteiger partial charge is 0.337 e. The molecule has 0 bridgehead atoms. The highest BCUT2D eigenvalue weighted by molar-refractivity contribution is 9.15. The van der Waals surface area contributed by atoms with E-state index in [1.54, 1.807) is 4.90 Å². The molecule has 0 unspecified atom stereocenters. The van der Waals surface area contributed by atoms with Gasteiger partial charge in [0.1, 0.15) is 0 Å². The number of amides is 1. The van der Waals surface area contributed by atoms with Crippen molar-refractivity contribution in [2.24, 2.45) is 0 Å². The lowest BCUT2D eigenvalue weighted by Gasteiger charge is -2.32. The predicted octanol–water partition coefficient (Wildman–Crippen LogP) is 5.69. The Morgan fingerprint density at radius 2 is 1.18 bits per heavy atom. The van der Waals surface area contributed by atoms with Gasteiger partial charge in [0, 0.05) is 30.0 Å². The van der Waals surface area contributed by atoms with Crippen molar-refractivity contribution in [1.82, 2.24) is 4.90 Å². The van der Waals surface area contributed by atoms with Crippen LogP contribution < -0.4 is 0 Å². The number of carboxylic acids is 1. The first kappa shape index (κ1) is 20.1. The summed E-state index contributed by atoms with van der Waals surface area (Å²) in [4.78, 5) is 26.3. The number of hydrogen-bond acceptors (Lipinski definition) is 2. The molecular weight excluding hydrogens is 550 g/mol. The van der Waals surface area contributed by atoms with Crippen LogP contribution >= 0.6 is 63.7 Å². The molecule has 1 aromatic carbocycles. The summed E-state index contributed by atoms with van der Waals surface area (Å²) in [6, 6.07) is -0.107. The van der Waals surface area contributed by atoms with E-state index in [9.17, 15) is 14.7 Å². The second kappa shape index (κ2) is 7.77. The zero-order valence-electron chi connectivity index (χ0n) is 12.4. The first-order valence-electron chi connectivity index (χ1n) is 6.44. The lowest BCUT2D eigenvalue weighted by atomic mass is 10.0. The van der Waals surface area contributed by atoms with E-state index in [4.69, 9.17) is 0 Å². The van der Waals surface area contributed by atoms with E-state index in [1.807, 2.05) is 27.7 Å². The van der Waals surface area contributed by atoms with Crippen molar-refractivity contribution in [3.05, 3.63) is 29.0 Å². The van der Waals surface area contributed by atoms with Gasteiger partial charge in [-0.1, -0.05) is 0 Å². The van der Waals surface area contributed by atoms with Gasteiger partial charge in [0.25, 0.3) is 5.91 Å². The largest absolute Gasteiger partial charge is 0.478 e. The van der Waals surface area contributed by atoms with Gasteiger partial charge in [-0.25, -0.2) is 4.79 Å². The van der Waals surface area contributed by atoms with E-state index in [-0.39, 0.29) is 29.1 Å². The SMILES string of the molecule is CC(C)N(C(=O)c1c(Br)c(Br)c(Br)c(Br)c1C(=O)O)C(C)C. The third-order valence-electron chi connectivity index (χ3n) is 3.04. The molecule has 0 aromatic heterocycles. The molecule has 0 spiro atoms. The lowest BCUT2D eigenvalue weighted by molar-refractivity contribution is 0.0617. The Labute approximate surface area is 163 Å². The molecule has 1 amide bonds. The molecule has 0 aliphatic heterocycles. The van der Waals surface area contributed by atoms with Gasteiger partial charge in [0.15, 0.2) is 0 Å². The van der Waals surface area contributed by atoms with Gasteiger partial charge in [-0.05, 0) is 91.4 Å². The molecule has 0 fully saturated rings. The minimum absolute atomic E-state index is 0.0535. The van der Waals surface area contributed by atoms with Crippen LogP contribution in [-0.2, 0) is 0 Å². The van der Waals surface area contributed by atoms with Crippen LogP contribution in [-0.4, -0.2) is 34.0 Å². The molecular formula is C14H15Br4NO3. The van der Waals surface area contributed by atoms with E-state index in [0.29, 0.717) is 17.9 Å². The number of carbonyl (C=O) groups is 2. The highest BCUT2D eigenvalue weighted by Crippen LogP contribution is 2.42. The van der Waals surface area contributed by atoms with Gasteiger partial charge in [0.05, 0.1) is 11.1 Å². The maximum absolute atomic E-state index is 13.0. The summed E-state index contributed by atoms with van der Waals surface area (Å²) in [5, 5.41) is 9.54. The Bertz CT molecular complexity index is 621. The summed E-state index contributed by atoms with van der Waals surface area (Å²) in [6.45, 7) is 7.59. The normalized spacial score (nSPS) is 11.2. The second-order valence-corrected chi connectivity index (χ2v) is 8.38. The number of hydrogen-bond donors (Lipinski definition) is 1. The molecule has 0 aliphatic rings. The van der Waals surface area contributed by atoms with Crippen LogP contribution in [0.25, 0.3) is 0 Å². The van der Waals surface area contributed by atoms with Crippen LogP contribution in [0.3, 0.4) is 0 Å². The maximum Gasteiger partial charge on any atom is 0.337 e. The zero-order valence-corrected chi connectivity index (χ0v) is 18.7. The number of nitrogens with zero attached hydrogens (tertiary/aromatic N) is 1. The molecule has 0 saturated heterocycles. The minimum atomic E-state index is -1.17. The number of carboxylic acid groups (broad SMARTS) is 1. The first-order chi connectivity index (χ1) is 10.0. The molecule has 0 aliphatic carbocycles. The molecule has 0 saturated carbocycles. The quantitative estimate of drug-likeness (QED) is 0.377. The highest BCUT2D eigenvalue weighted by Gasteiger charge is 2.32. The monoisotopic (exact) mass is 561 g/mol. The van der Waals surface area contributed by atoms with Gasteiger partial charge in [0.2, 0.25) is 0 Å². The van der Waals surface area contributed by atoms with E-state index in [1.165, 1.54) is 0 Å². The van der Waals surface area contributed by atoms with Gasteiger partial charge >= 0.3 is 5.97 Å². The molecule has 1 rings (SSSR count). The molecule has 22 heavy (non-hydrogen) atoms. The van der Waals surface area contributed by atoms with Crippen LogP contribution in [0.2, 0.25) is 0 Å². The van der Waals surface area contributed by atoms with Gasteiger partial charge in [-0.2, -0.15) is 0 Å². The van der Waals surface area contributed by atoms with Crippen molar-refractivity contribution in [2.75, 3.05) is 0 Å². The summed E-state index contributed by atoms with van der Waals surface area (Å²) < 4.78 is 1.86. The molecule has 4 nitrogen and oxygen atoms in total. The van der Waals surface area contributed by atoms with E-state index in [0.717, 1.165) is 0 Å². The molecule has 1 N–H and O–H groups in total. The number of carbonyl (C=O) groups excluding carboxylic acids is 1. The van der Waals surface area contributed by atoms with Gasteiger partial charge < -0.3 is 10.0 Å². The van der Waals surface area contributed by atoms with Gasteiger partial charge in [-0.3, -0.25) is 4.79 Å². The van der Waals surface area contributed by atoms with Crippen LogP contribution in [0.1, 0.15) is 48.4 Å². The number of aromatic carboxylic acids is 1. The number of rotatable bonds is 4. The fourth-order valence-electron chi connectivity index (χ4n) is 2.23. The predicted molar refractivity (Wildman–Crippen MR) is 101 cm³/mol. The molecule has 1 aromatic rings. The summed E-state index contributed by atoms with van der Waals surface area (Å²) in [5.74, 6) is -1.50. The molecule has 122 valence electrons. The van der Waals surface area contributed by atoms with E-state index < -0.39 is 5.97 Å². The number of halogens is 4. The van der Waals surface area contributed by atoms with Crippen molar-refractivity contribution in [1.29, 1.82) is 0 Å². The summed E-state index contributed by atoms with van der Waals surface area (Å²) in [7, 11) is 0. The molecule has 0 heterocycles. The Kier molecular flexibility index (Phi) is 7.11. The highest BCUT2D eigenvalue weighted by atomic mass is 79.9. The molecule has 8 heteroatoms. The zero-order chi connectivity index (χ0) is 17.4. The van der Waals surface area contributed by atoms with E-state index in [2.05, 4.69) is 63.7 Å². The summed E-state index contributed by atoms with van der Waals surface area (Å²) >= 11 is 13.3.